The highest BCUT2D eigenvalue weighted by Crippen LogP contribution is 2.37. The van der Waals surface area contributed by atoms with Crippen LogP contribution in [0.1, 0.15) is 6.42 Å². The van der Waals surface area contributed by atoms with E-state index in [1.165, 1.54) is 17.5 Å². The largest absolute Gasteiger partial charge is 0.378 e. The molecule has 9 nitrogen and oxygen atoms in total. The molecule has 0 spiro atoms. The maximum atomic E-state index is 5.41. The minimum Gasteiger partial charge on any atom is -0.378 e. The highest BCUT2D eigenvalue weighted by atomic mass is 16.5. The summed E-state index contributed by atoms with van der Waals surface area (Å²) >= 11 is 0. The summed E-state index contributed by atoms with van der Waals surface area (Å²) in [5.74, 6) is 1.35. The first-order chi connectivity index (χ1) is 17.8. The van der Waals surface area contributed by atoms with E-state index in [2.05, 4.69) is 78.7 Å². The number of piperazine rings is 1. The highest BCUT2D eigenvalue weighted by Gasteiger charge is 2.47. The van der Waals surface area contributed by atoms with Crippen LogP contribution in [-0.4, -0.2) is 73.9 Å². The number of likely N-dealkylation sites (tertiary alicyclic amines) is 1. The zero-order valence-corrected chi connectivity index (χ0v) is 19.7. The van der Waals surface area contributed by atoms with Crippen molar-refractivity contribution >= 4 is 33.7 Å². The van der Waals surface area contributed by atoms with E-state index < -0.39 is 0 Å². The minimum atomic E-state index is 0.601. The molecule has 2 N–H and O–H groups in total. The van der Waals surface area contributed by atoms with Gasteiger partial charge in [-0.05, 0) is 48.2 Å². The molecule has 0 amide bonds. The van der Waals surface area contributed by atoms with Crippen molar-refractivity contribution in [1.82, 2.24) is 29.5 Å². The van der Waals surface area contributed by atoms with Gasteiger partial charge < -0.3 is 19.9 Å². The van der Waals surface area contributed by atoms with Gasteiger partial charge >= 0.3 is 0 Å². The summed E-state index contributed by atoms with van der Waals surface area (Å²) in [5, 5.41) is 9.30. The standard InChI is InChI=1S/C27H26N8O/c1-2-18(11-24-17(1)7-8-28-24)25-31-27-26(29-9-10-35(27)32-25)30-19-3-5-20(6-4-19)33-13-22-12-21(33)14-34(22)23-15-36-16-23/h1-11,21-23,28H,12-16H2,(H,29,30). The van der Waals surface area contributed by atoms with Crippen LogP contribution in [0, 0.1) is 0 Å². The number of ether oxygens (including phenoxy) is 1. The van der Waals surface area contributed by atoms with Gasteiger partial charge in [0.25, 0.3) is 0 Å². The van der Waals surface area contributed by atoms with Crippen LogP contribution in [0.15, 0.2) is 67.1 Å². The van der Waals surface area contributed by atoms with E-state index in [0.29, 0.717) is 35.4 Å². The number of anilines is 3. The second-order valence-electron chi connectivity index (χ2n) is 10.0. The lowest BCUT2D eigenvalue weighted by Gasteiger charge is -2.43. The van der Waals surface area contributed by atoms with Crippen LogP contribution < -0.4 is 10.2 Å². The van der Waals surface area contributed by atoms with Gasteiger partial charge in [0, 0.05) is 66.2 Å². The molecule has 0 saturated carbocycles. The van der Waals surface area contributed by atoms with Crippen LogP contribution in [-0.2, 0) is 4.74 Å². The zero-order valence-electron chi connectivity index (χ0n) is 19.7. The number of hydrogen-bond acceptors (Lipinski definition) is 7. The van der Waals surface area contributed by atoms with E-state index in [0.717, 1.165) is 43.1 Å². The fourth-order valence-electron chi connectivity index (χ4n) is 5.96. The van der Waals surface area contributed by atoms with Gasteiger partial charge in [-0.3, -0.25) is 4.90 Å². The summed E-state index contributed by atoms with van der Waals surface area (Å²) in [6.45, 7) is 4.06. The Balaban J connectivity index is 1.02. The number of hydrogen-bond donors (Lipinski definition) is 2. The summed E-state index contributed by atoms with van der Waals surface area (Å²) in [7, 11) is 0. The molecule has 180 valence electrons. The molecule has 0 aliphatic carbocycles. The summed E-state index contributed by atoms with van der Waals surface area (Å²) in [5.41, 5.74) is 4.99. The Morgan fingerprint density at radius 2 is 1.89 bits per heavy atom. The molecule has 5 aromatic rings. The smallest absolute Gasteiger partial charge is 0.199 e. The molecule has 2 unspecified atom stereocenters. The zero-order chi connectivity index (χ0) is 23.6. The fourth-order valence-corrected chi connectivity index (χ4v) is 5.96. The predicted octanol–water partition coefficient (Wildman–Crippen LogP) is 3.68. The first kappa shape index (κ1) is 20.3. The van der Waals surface area contributed by atoms with Crippen molar-refractivity contribution in [2.24, 2.45) is 0 Å². The van der Waals surface area contributed by atoms with Gasteiger partial charge in [-0.15, -0.1) is 5.10 Å². The first-order valence-electron chi connectivity index (χ1n) is 12.5. The lowest BCUT2D eigenvalue weighted by molar-refractivity contribution is -0.0708. The molecule has 2 atom stereocenters. The predicted molar refractivity (Wildman–Crippen MR) is 139 cm³/mol. The van der Waals surface area contributed by atoms with Gasteiger partial charge in [-0.25, -0.2) is 14.5 Å². The van der Waals surface area contributed by atoms with E-state index in [4.69, 9.17) is 9.72 Å². The molecule has 36 heavy (non-hydrogen) atoms. The first-order valence-corrected chi connectivity index (χ1v) is 12.5. The van der Waals surface area contributed by atoms with E-state index in [-0.39, 0.29) is 0 Å². The van der Waals surface area contributed by atoms with Crippen molar-refractivity contribution in [1.29, 1.82) is 0 Å². The van der Waals surface area contributed by atoms with Crippen LogP contribution in [0.4, 0.5) is 17.2 Å². The molecular weight excluding hydrogens is 452 g/mol. The summed E-state index contributed by atoms with van der Waals surface area (Å²) in [6, 6.07) is 18.8. The second kappa shape index (κ2) is 7.78. The third-order valence-electron chi connectivity index (χ3n) is 7.90. The lowest BCUT2D eigenvalue weighted by atomic mass is 10.1. The Labute approximate surface area is 207 Å². The van der Waals surface area contributed by atoms with Crippen molar-refractivity contribution < 1.29 is 4.74 Å². The van der Waals surface area contributed by atoms with Crippen molar-refractivity contribution in [3.05, 3.63) is 67.1 Å². The Bertz CT molecular complexity index is 1570. The second-order valence-corrected chi connectivity index (χ2v) is 10.0. The van der Waals surface area contributed by atoms with Crippen LogP contribution in [0.5, 0.6) is 0 Å². The topological polar surface area (TPSA) is 86.6 Å². The molecule has 6 heterocycles. The molecular formula is C27H26N8O. The number of nitrogens with zero attached hydrogens (tertiary/aromatic N) is 6. The molecule has 9 heteroatoms. The number of nitrogens with one attached hydrogen (secondary N) is 2. The summed E-state index contributed by atoms with van der Waals surface area (Å²) < 4.78 is 7.19. The summed E-state index contributed by atoms with van der Waals surface area (Å²) in [4.78, 5) is 17.8. The number of benzene rings is 2. The monoisotopic (exact) mass is 478 g/mol. The highest BCUT2D eigenvalue weighted by molar-refractivity contribution is 5.84. The van der Waals surface area contributed by atoms with Gasteiger partial charge in [-0.1, -0.05) is 12.1 Å². The molecule has 2 aromatic carbocycles. The molecule has 3 fully saturated rings. The molecule has 8 rings (SSSR count). The molecule has 0 radical (unpaired) electrons. The van der Waals surface area contributed by atoms with Gasteiger partial charge in [0.15, 0.2) is 17.3 Å². The van der Waals surface area contributed by atoms with E-state index >= 15 is 0 Å². The Morgan fingerprint density at radius 1 is 0.972 bits per heavy atom. The van der Waals surface area contributed by atoms with Gasteiger partial charge in [0.05, 0.1) is 19.3 Å². The Hall–Kier alpha value is -3.95. The van der Waals surface area contributed by atoms with Crippen molar-refractivity contribution in [2.75, 3.05) is 36.5 Å². The maximum Gasteiger partial charge on any atom is 0.199 e. The van der Waals surface area contributed by atoms with Gasteiger partial charge in [0.2, 0.25) is 0 Å². The number of aromatic amines is 1. The maximum absolute atomic E-state index is 5.41. The molecule has 2 bridgehead atoms. The molecule has 3 aliphatic heterocycles. The average Bonchev–Trinajstić information content (AvgIpc) is 3.66. The lowest BCUT2D eigenvalue weighted by Crippen LogP contribution is -2.56. The fraction of sp³-hybridized carbons (Fsp3) is 0.296. The number of H-pyrrole nitrogens is 1. The third-order valence-corrected chi connectivity index (χ3v) is 7.90. The minimum absolute atomic E-state index is 0.601. The molecule has 3 saturated heterocycles. The number of rotatable bonds is 5. The van der Waals surface area contributed by atoms with Crippen LogP contribution >= 0.6 is 0 Å². The van der Waals surface area contributed by atoms with E-state index in [1.54, 1.807) is 10.7 Å². The number of aromatic nitrogens is 5. The Kier molecular flexibility index (Phi) is 4.38. The normalized spacial score (nSPS) is 22.1. The summed E-state index contributed by atoms with van der Waals surface area (Å²) in [6.07, 6.45) is 6.77. The number of fused-ring (bicyclic) bond motifs is 4. The molecule has 3 aromatic heterocycles. The van der Waals surface area contributed by atoms with Crippen molar-refractivity contribution in [2.45, 2.75) is 24.5 Å². The Morgan fingerprint density at radius 3 is 2.69 bits per heavy atom. The van der Waals surface area contributed by atoms with Crippen LogP contribution in [0.3, 0.4) is 0 Å². The van der Waals surface area contributed by atoms with Gasteiger partial charge in [-0.2, -0.15) is 0 Å². The van der Waals surface area contributed by atoms with Crippen LogP contribution in [0.2, 0.25) is 0 Å². The van der Waals surface area contributed by atoms with Gasteiger partial charge in [0.1, 0.15) is 0 Å². The molecule has 3 aliphatic rings. The van der Waals surface area contributed by atoms with E-state index in [9.17, 15) is 0 Å². The SMILES string of the molecule is c1cn2nc(-c3ccc4cc[nH]c4c3)nc2c(Nc2ccc(N3CC4CC3CN4C3COC3)cc2)n1. The van der Waals surface area contributed by atoms with E-state index in [1.807, 2.05) is 12.4 Å². The van der Waals surface area contributed by atoms with Crippen LogP contribution in [0.25, 0.3) is 27.9 Å². The third kappa shape index (κ3) is 3.20. The van der Waals surface area contributed by atoms with Crippen molar-refractivity contribution in [3.63, 3.8) is 0 Å². The van der Waals surface area contributed by atoms with Crippen molar-refractivity contribution in [3.8, 4) is 11.4 Å². The quantitative estimate of drug-likeness (QED) is 0.399. The average molecular weight is 479 g/mol.